The minimum atomic E-state index is -0.0216. The maximum absolute atomic E-state index is 13.0. The van der Waals surface area contributed by atoms with Crippen LogP contribution in [0.1, 0.15) is 9.67 Å². The summed E-state index contributed by atoms with van der Waals surface area (Å²) in [5, 5.41) is 0.406. The van der Waals surface area contributed by atoms with Crippen molar-refractivity contribution in [3.05, 3.63) is 53.7 Å². The van der Waals surface area contributed by atoms with E-state index in [1.165, 1.54) is 11.3 Å². The lowest BCUT2D eigenvalue weighted by Gasteiger charge is -2.34. The molecule has 0 bridgehead atoms. The molecule has 0 spiro atoms. The van der Waals surface area contributed by atoms with Crippen LogP contribution >= 0.6 is 11.3 Å². The summed E-state index contributed by atoms with van der Waals surface area (Å²) in [6.45, 7) is 2.63. The van der Waals surface area contributed by atoms with Crippen LogP contribution in [0, 0.1) is 0 Å². The van der Waals surface area contributed by atoms with Gasteiger partial charge in [-0.15, -0.1) is 0 Å². The zero-order valence-corrected chi connectivity index (χ0v) is 14.9. The van der Waals surface area contributed by atoms with Crippen molar-refractivity contribution in [2.24, 2.45) is 0 Å². The normalized spacial score (nSPS) is 14.5. The van der Waals surface area contributed by atoms with Crippen molar-refractivity contribution in [1.82, 2.24) is 19.9 Å². The number of carbonyl (C=O) groups is 1. The molecule has 2 N–H and O–H groups in total. The number of anilines is 2. The Kier molecular flexibility index (Phi) is 4.49. The van der Waals surface area contributed by atoms with E-state index in [-0.39, 0.29) is 5.91 Å². The smallest absolute Gasteiger partial charge is 0.266 e. The van der Waals surface area contributed by atoms with Crippen molar-refractivity contribution in [2.75, 3.05) is 36.8 Å². The van der Waals surface area contributed by atoms with Crippen LogP contribution in [0.15, 0.2) is 48.8 Å². The largest absolute Gasteiger partial charge is 0.375 e. The number of hydrogen-bond acceptors (Lipinski definition) is 7. The molecule has 0 radical (unpaired) electrons. The lowest BCUT2D eigenvalue weighted by atomic mass is 10.1. The molecule has 3 aromatic rings. The SMILES string of the molecule is Nc1nc(-c2ccccc2)c(C(=O)N2CCN(c3ncccn3)CC2)s1. The number of nitrogen functional groups attached to an aromatic ring is 1. The number of hydrogen-bond donors (Lipinski definition) is 1. The summed E-state index contributed by atoms with van der Waals surface area (Å²) in [4.78, 5) is 30.5. The molecule has 0 atom stereocenters. The fourth-order valence-electron chi connectivity index (χ4n) is 2.98. The first kappa shape index (κ1) is 16.5. The number of nitrogens with zero attached hydrogens (tertiary/aromatic N) is 5. The third-order valence-electron chi connectivity index (χ3n) is 4.29. The van der Waals surface area contributed by atoms with Gasteiger partial charge in [0.05, 0.1) is 5.69 Å². The van der Waals surface area contributed by atoms with Crippen molar-refractivity contribution >= 4 is 28.3 Å². The first-order valence-corrected chi connectivity index (χ1v) is 9.17. The Hall–Kier alpha value is -3.00. The zero-order chi connectivity index (χ0) is 17.9. The van der Waals surface area contributed by atoms with Crippen molar-refractivity contribution in [1.29, 1.82) is 0 Å². The molecule has 1 aliphatic rings. The molecule has 8 heteroatoms. The number of benzene rings is 1. The van der Waals surface area contributed by atoms with Crippen molar-refractivity contribution < 1.29 is 4.79 Å². The number of piperazine rings is 1. The second kappa shape index (κ2) is 7.09. The Morgan fingerprint density at radius 2 is 1.69 bits per heavy atom. The Morgan fingerprint density at radius 3 is 2.38 bits per heavy atom. The predicted molar refractivity (Wildman–Crippen MR) is 102 cm³/mol. The van der Waals surface area contributed by atoms with Crippen molar-refractivity contribution in [3.8, 4) is 11.3 Å². The van der Waals surface area contributed by atoms with Gasteiger partial charge in [0.25, 0.3) is 5.91 Å². The van der Waals surface area contributed by atoms with E-state index in [2.05, 4.69) is 19.9 Å². The number of amides is 1. The molecular weight excluding hydrogens is 348 g/mol. The molecule has 7 nitrogen and oxygen atoms in total. The highest BCUT2D eigenvalue weighted by Crippen LogP contribution is 2.31. The van der Waals surface area contributed by atoms with E-state index in [0.717, 1.165) is 5.56 Å². The van der Waals surface area contributed by atoms with Crippen LogP contribution in [0.4, 0.5) is 11.1 Å². The summed E-state index contributed by atoms with van der Waals surface area (Å²) in [6.07, 6.45) is 3.46. The molecule has 1 amide bonds. The van der Waals surface area contributed by atoms with Crippen molar-refractivity contribution in [2.45, 2.75) is 0 Å². The Labute approximate surface area is 155 Å². The monoisotopic (exact) mass is 366 g/mol. The van der Waals surface area contributed by atoms with Gasteiger partial charge in [-0.25, -0.2) is 15.0 Å². The van der Waals surface area contributed by atoms with E-state index in [1.807, 2.05) is 35.2 Å². The Balaban J connectivity index is 1.51. The molecule has 1 aromatic carbocycles. The minimum absolute atomic E-state index is 0.0216. The van der Waals surface area contributed by atoms with Crippen LogP contribution in [0.3, 0.4) is 0 Å². The van der Waals surface area contributed by atoms with E-state index in [4.69, 9.17) is 5.73 Å². The molecule has 1 fully saturated rings. The van der Waals surface area contributed by atoms with Crippen molar-refractivity contribution in [3.63, 3.8) is 0 Å². The van der Waals surface area contributed by atoms with Gasteiger partial charge in [-0.3, -0.25) is 4.79 Å². The van der Waals surface area contributed by atoms with Gasteiger partial charge in [-0.05, 0) is 6.07 Å². The summed E-state index contributed by atoms with van der Waals surface area (Å²) >= 11 is 1.25. The third-order valence-corrected chi connectivity index (χ3v) is 5.16. The first-order chi connectivity index (χ1) is 12.7. The van der Waals surface area contributed by atoms with E-state index in [1.54, 1.807) is 18.5 Å². The van der Waals surface area contributed by atoms with Gasteiger partial charge >= 0.3 is 0 Å². The van der Waals surface area contributed by atoms with Crippen LogP contribution in [-0.2, 0) is 0 Å². The quantitative estimate of drug-likeness (QED) is 0.764. The molecule has 1 saturated heterocycles. The summed E-state index contributed by atoms with van der Waals surface area (Å²) in [6, 6.07) is 11.5. The number of carbonyl (C=O) groups excluding carboxylic acids is 1. The van der Waals surface area contributed by atoms with Crippen LogP contribution < -0.4 is 10.6 Å². The average molecular weight is 366 g/mol. The Bertz CT molecular complexity index is 891. The molecule has 0 saturated carbocycles. The van der Waals surface area contributed by atoms with E-state index >= 15 is 0 Å². The molecule has 2 aromatic heterocycles. The van der Waals surface area contributed by atoms with Crippen LogP contribution in [0.25, 0.3) is 11.3 Å². The topological polar surface area (TPSA) is 88.2 Å². The van der Waals surface area contributed by atoms with Gasteiger partial charge in [0.15, 0.2) is 5.13 Å². The predicted octanol–water partition coefficient (Wildman–Crippen LogP) is 2.14. The van der Waals surface area contributed by atoms with Crippen LogP contribution in [0.5, 0.6) is 0 Å². The van der Waals surface area contributed by atoms with Gasteiger partial charge in [-0.1, -0.05) is 41.7 Å². The van der Waals surface area contributed by atoms with Crippen LogP contribution in [0.2, 0.25) is 0 Å². The maximum Gasteiger partial charge on any atom is 0.266 e. The molecule has 132 valence electrons. The lowest BCUT2D eigenvalue weighted by molar-refractivity contribution is 0.0751. The molecule has 4 rings (SSSR count). The van der Waals surface area contributed by atoms with Gasteiger partial charge in [0.2, 0.25) is 5.95 Å². The zero-order valence-electron chi connectivity index (χ0n) is 14.1. The number of thiazole rings is 1. The molecule has 26 heavy (non-hydrogen) atoms. The molecule has 1 aliphatic heterocycles. The van der Waals surface area contributed by atoms with Gasteiger partial charge < -0.3 is 15.5 Å². The van der Waals surface area contributed by atoms with E-state index in [9.17, 15) is 4.79 Å². The van der Waals surface area contributed by atoms with E-state index in [0.29, 0.717) is 47.8 Å². The molecule has 3 heterocycles. The second-order valence-electron chi connectivity index (χ2n) is 5.92. The molecule has 0 aliphatic carbocycles. The fourth-order valence-corrected chi connectivity index (χ4v) is 3.80. The highest BCUT2D eigenvalue weighted by atomic mass is 32.1. The standard InChI is InChI=1S/C18H18N6OS/c19-17-22-14(13-5-2-1-3-6-13)15(26-17)16(25)23-9-11-24(12-10-23)18-20-7-4-8-21-18/h1-8H,9-12H2,(H2,19,22). The number of rotatable bonds is 3. The highest BCUT2D eigenvalue weighted by Gasteiger charge is 2.27. The number of aromatic nitrogens is 3. The summed E-state index contributed by atoms with van der Waals surface area (Å²) in [5.41, 5.74) is 7.46. The Morgan fingerprint density at radius 1 is 1.00 bits per heavy atom. The maximum atomic E-state index is 13.0. The van der Waals surface area contributed by atoms with Gasteiger partial charge in [0.1, 0.15) is 4.88 Å². The van der Waals surface area contributed by atoms with E-state index < -0.39 is 0 Å². The minimum Gasteiger partial charge on any atom is -0.375 e. The summed E-state index contributed by atoms with van der Waals surface area (Å²) < 4.78 is 0. The lowest BCUT2D eigenvalue weighted by Crippen LogP contribution is -2.49. The molecule has 0 unspecified atom stereocenters. The third kappa shape index (κ3) is 3.23. The highest BCUT2D eigenvalue weighted by molar-refractivity contribution is 7.17. The fraction of sp³-hybridized carbons (Fsp3) is 0.222. The van der Waals surface area contributed by atoms with Gasteiger partial charge in [-0.2, -0.15) is 0 Å². The molecular formula is C18H18N6OS. The van der Waals surface area contributed by atoms with Gasteiger partial charge in [0, 0.05) is 44.1 Å². The number of nitrogens with two attached hydrogens (primary N) is 1. The average Bonchev–Trinajstić information content (AvgIpc) is 3.11. The summed E-state index contributed by atoms with van der Waals surface area (Å²) in [5.74, 6) is 0.679. The first-order valence-electron chi connectivity index (χ1n) is 8.35. The van der Waals surface area contributed by atoms with Crippen LogP contribution in [-0.4, -0.2) is 51.9 Å². The summed E-state index contributed by atoms with van der Waals surface area (Å²) in [7, 11) is 0. The second-order valence-corrected chi connectivity index (χ2v) is 6.95.